The van der Waals surface area contributed by atoms with Crippen LogP contribution in [0.1, 0.15) is 82.1 Å². The zero-order valence-electron chi connectivity index (χ0n) is 22.4. The van der Waals surface area contributed by atoms with Crippen molar-refractivity contribution in [2.75, 3.05) is 41.6 Å². The summed E-state index contributed by atoms with van der Waals surface area (Å²) in [6.45, 7) is 11.5. The van der Waals surface area contributed by atoms with Crippen LogP contribution in [0, 0.1) is 0 Å². The standard InChI is InChI=1S/C29H43N3O3S/c1-5-6-7-8-9-10-23-36(34,35)30-26-15-17-27(18-16-26)31-19-21-32(22-20-31)28(33)24-11-13-25(14-12-24)29(2,3)4/h11-18,30H,5-10,19-23H2,1-4H3. The molecule has 2 aromatic carbocycles. The Labute approximate surface area is 218 Å². The third-order valence-electron chi connectivity index (χ3n) is 6.84. The van der Waals surface area contributed by atoms with Crippen LogP contribution >= 0.6 is 0 Å². The first-order valence-electron chi connectivity index (χ1n) is 13.3. The van der Waals surface area contributed by atoms with Gasteiger partial charge in [0, 0.05) is 43.1 Å². The lowest BCUT2D eigenvalue weighted by Crippen LogP contribution is -2.48. The minimum atomic E-state index is -3.33. The molecule has 198 valence electrons. The number of amides is 1. The summed E-state index contributed by atoms with van der Waals surface area (Å²) in [5.41, 5.74) is 3.65. The third kappa shape index (κ3) is 8.26. The summed E-state index contributed by atoms with van der Waals surface area (Å²) in [6, 6.07) is 15.5. The number of carbonyl (C=O) groups excluding carboxylic acids is 1. The van der Waals surface area contributed by atoms with E-state index in [1.54, 1.807) is 0 Å². The van der Waals surface area contributed by atoms with E-state index in [0.717, 1.165) is 37.2 Å². The molecule has 0 aliphatic carbocycles. The van der Waals surface area contributed by atoms with Gasteiger partial charge in [-0.05, 0) is 53.8 Å². The molecule has 1 aliphatic heterocycles. The highest BCUT2D eigenvalue weighted by Gasteiger charge is 2.23. The van der Waals surface area contributed by atoms with E-state index in [-0.39, 0.29) is 17.1 Å². The first-order chi connectivity index (χ1) is 17.1. The summed E-state index contributed by atoms with van der Waals surface area (Å²) >= 11 is 0. The van der Waals surface area contributed by atoms with Gasteiger partial charge in [0.2, 0.25) is 10.0 Å². The molecule has 3 rings (SSSR count). The van der Waals surface area contributed by atoms with Gasteiger partial charge < -0.3 is 9.80 Å². The van der Waals surface area contributed by atoms with Gasteiger partial charge in [0.05, 0.1) is 5.75 Å². The van der Waals surface area contributed by atoms with Crippen LogP contribution in [-0.4, -0.2) is 51.2 Å². The first-order valence-corrected chi connectivity index (χ1v) is 15.0. The molecular formula is C29H43N3O3S. The molecule has 0 unspecified atom stereocenters. The second-order valence-electron chi connectivity index (χ2n) is 10.8. The maximum atomic E-state index is 13.0. The van der Waals surface area contributed by atoms with Gasteiger partial charge in [0.15, 0.2) is 0 Å². The fourth-order valence-electron chi connectivity index (χ4n) is 4.51. The number of nitrogens with zero attached hydrogens (tertiary/aromatic N) is 2. The van der Waals surface area contributed by atoms with Crippen LogP contribution < -0.4 is 9.62 Å². The van der Waals surface area contributed by atoms with E-state index in [1.165, 1.54) is 24.8 Å². The molecule has 0 spiro atoms. The number of benzene rings is 2. The number of nitrogens with one attached hydrogen (secondary N) is 1. The lowest BCUT2D eigenvalue weighted by molar-refractivity contribution is 0.0746. The third-order valence-corrected chi connectivity index (χ3v) is 8.21. The molecule has 1 amide bonds. The van der Waals surface area contributed by atoms with Crippen molar-refractivity contribution >= 4 is 27.3 Å². The normalized spacial score (nSPS) is 14.7. The Balaban J connectivity index is 1.47. The van der Waals surface area contributed by atoms with Crippen LogP contribution in [0.3, 0.4) is 0 Å². The molecule has 1 fully saturated rings. The van der Waals surface area contributed by atoms with Crippen molar-refractivity contribution in [1.29, 1.82) is 0 Å². The van der Waals surface area contributed by atoms with Crippen molar-refractivity contribution in [2.24, 2.45) is 0 Å². The fourth-order valence-corrected chi connectivity index (χ4v) is 5.69. The van der Waals surface area contributed by atoms with Crippen LogP contribution in [0.15, 0.2) is 48.5 Å². The largest absolute Gasteiger partial charge is 0.368 e. The second-order valence-corrected chi connectivity index (χ2v) is 12.7. The first kappa shape index (κ1) is 28.0. The Morgan fingerprint density at radius 1 is 0.833 bits per heavy atom. The number of hydrogen-bond acceptors (Lipinski definition) is 4. The van der Waals surface area contributed by atoms with Crippen molar-refractivity contribution in [2.45, 2.75) is 71.6 Å². The molecule has 0 atom stereocenters. The zero-order valence-corrected chi connectivity index (χ0v) is 23.2. The van der Waals surface area contributed by atoms with Crippen molar-refractivity contribution < 1.29 is 13.2 Å². The predicted molar refractivity (Wildman–Crippen MR) is 150 cm³/mol. The highest BCUT2D eigenvalue weighted by Crippen LogP contribution is 2.24. The average Bonchev–Trinajstić information content (AvgIpc) is 2.85. The summed E-state index contributed by atoms with van der Waals surface area (Å²) in [5.74, 6) is 0.237. The SMILES string of the molecule is CCCCCCCCS(=O)(=O)Nc1ccc(N2CCN(C(=O)c3ccc(C(C)(C)C)cc3)CC2)cc1. The molecule has 1 N–H and O–H groups in total. The molecule has 1 saturated heterocycles. The molecule has 0 aromatic heterocycles. The zero-order chi connectivity index (χ0) is 26.2. The van der Waals surface area contributed by atoms with Crippen molar-refractivity contribution in [3.05, 3.63) is 59.7 Å². The Bertz CT molecular complexity index is 1070. The molecule has 2 aromatic rings. The monoisotopic (exact) mass is 513 g/mol. The highest BCUT2D eigenvalue weighted by molar-refractivity contribution is 7.92. The molecule has 1 heterocycles. The Morgan fingerprint density at radius 3 is 2.00 bits per heavy atom. The maximum Gasteiger partial charge on any atom is 0.253 e. The van der Waals surface area contributed by atoms with E-state index in [1.807, 2.05) is 53.4 Å². The average molecular weight is 514 g/mol. The van der Waals surface area contributed by atoms with Crippen molar-refractivity contribution in [3.63, 3.8) is 0 Å². The van der Waals surface area contributed by atoms with E-state index in [9.17, 15) is 13.2 Å². The molecule has 1 aliphatic rings. The number of hydrogen-bond donors (Lipinski definition) is 1. The maximum absolute atomic E-state index is 13.0. The lowest BCUT2D eigenvalue weighted by atomic mass is 9.86. The summed E-state index contributed by atoms with van der Waals surface area (Å²) in [7, 11) is -3.33. The van der Waals surface area contributed by atoms with E-state index >= 15 is 0 Å². The summed E-state index contributed by atoms with van der Waals surface area (Å²) in [4.78, 5) is 17.1. The van der Waals surface area contributed by atoms with Gasteiger partial charge in [-0.1, -0.05) is 71.9 Å². The number of anilines is 2. The Hall–Kier alpha value is -2.54. The Kier molecular flexibility index (Phi) is 9.83. The number of piperazine rings is 1. The van der Waals surface area contributed by atoms with Gasteiger partial charge >= 0.3 is 0 Å². The van der Waals surface area contributed by atoms with Crippen LogP contribution in [0.4, 0.5) is 11.4 Å². The number of rotatable bonds is 11. The summed E-state index contributed by atoms with van der Waals surface area (Å²) in [5, 5.41) is 0. The minimum absolute atomic E-state index is 0.0658. The second kappa shape index (κ2) is 12.6. The topological polar surface area (TPSA) is 69.7 Å². The fraction of sp³-hybridized carbons (Fsp3) is 0.552. The highest BCUT2D eigenvalue weighted by atomic mass is 32.2. The quantitative estimate of drug-likeness (QED) is 0.372. The molecule has 0 bridgehead atoms. The van der Waals surface area contributed by atoms with Gasteiger partial charge in [0.1, 0.15) is 0 Å². The minimum Gasteiger partial charge on any atom is -0.368 e. The van der Waals surface area contributed by atoms with Crippen LogP contribution in [-0.2, 0) is 15.4 Å². The Morgan fingerprint density at radius 2 is 1.42 bits per heavy atom. The predicted octanol–water partition coefficient (Wildman–Crippen LogP) is 6.05. The number of sulfonamides is 1. The van der Waals surface area contributed by atoms with Gasteiger partial charge in [0.25, 0.3) is 5.91 Å². The van der Waals surface area contributed by atoms with Crippen molar-refractivity contribution in [1.82, 2.24) is 4.90 Å². The van der Waals surface area contributed by atoms with Crippen molar-refractivity contribution in [3.8, 4) is 0 Å². The summed E-state index contributed by atoms with van der Waals surface area (Å²) in [6.07, 6.45) is 6.33. The molecule has 6 nitrogen and oxygen atoms in total. The van der Waals surface area contributed by atoms with Crippen LogP contribution in [0.25, 0.3) is 0 Å². The van der Waals surface area contributed by atoms with Gasteiger partial charge in [-0.3, -0.25) is 9.52 Å². The number of unbranched alkanes of at least 4 members (excludes halogenated alkanes) is 5. The molecule has 0 radical (unpaired) electrons. The molecule has 36 heavy (non-hydrogen) atoms. The van der Waals surface area contributed by atoms with E-state index < -0.39 is 10.0 Å². The summed E-state index contributed by atoms with van der Waals surface area (Å²) < 4.78 is 27.5. The van der Waals surface area contributed by atoms with Gasteiger partial charge in [-0.25, -0.2) is 8.42 Å². The molecular weight excluding hydrogens is 470 g/mol. The van der Waals surface area contributed by atoms with E-state index in [2.05, 4.69) is 37.3 Å². The lowest BCUT2D eigenvalue weighted by Gasteiger charge is -2.36. The molecule has 7 heteroatoms. The van der Waals surface area contributed by atoms with Crippen LogP contribution in [0.2, 0.25) is 0 Å². The molecule has 0 saturated carbocycles. The smallest absolute Gasteiger partial charge is 0.253 e. The van der Waals surface area contributed by atoms with E-state index in [4.69, 9.17) is 0 Å². The number of carbonyl (C=O) groups is 1. The van der Waals surface area contributed by atoms with E-state index in [0.29, 0.717) is 25.2 Å². The van der Waals surface area contributed by atoms with Gasteiger partial charge in [-0.15, -0.1) is 0 Å². The van der Waals surface area contributed by atoms with Gasteiger partial charge in [-0.2, -0.15) is 0 Å². The van der Waals surface area contributed by atoms with Crippen LogP contribution in [0.5, 0.6) is 0 Å².